The number of hydrogen-bond donors (Lipinski definition) is 0. The van der Waals surface area contributed by atoms with Crippen LogP contribution in [0.3, 0.4) is 0 Å². The summed E-state index contributed by atoms with van der Waals surface area (Å²) < 4.78 is 3.39. The summed E-state index contributed by atoms with van der Waals surface area (Å²) >= 11 is 0. The summed E-state index contributed by atoms with van der Waals surface area (Å²) in [4.78, 5) is 13.4. The number of nitrogens with zero attached hydrogens (tertiary/aromatic N) is 4. The predicted molar refractivity (Wildman–Crippen MR) is 115 cm³/mol. The minimum absolute atomic E-state index is 0.0966. The van der Waals surface area contributed by atoms with Crippen molar-refractivity contribution >= 4 is 10.9 Å². The molecule has 5 nitrogen and oxygen atoms in total. The number of fused-ring (bicyclic) bond motifs is 1. The van der Waals surface area contributed by atoms with Crippen LogP contribution in [0.15, 0.2) is 53.5 Å². The molecule has 1 aliphatic rings. The van der Waals surface area contributed by atoms with Crippen molar-refractivity contribution in [3.63, 3.8) is 0 Å². The first-order chi connectivity index (χ1) is 14.0. The van der Waals surface area contributed by atoms with Crippen LogP contribution in [0.5, 0.6) is 0 Å². The van der Waals surface area contributed by atoms with Gasteiger partial charge in [0.15, 0.2) is 0 Å². The van der Waals surface area contributed by atoms with Gasteiger partial charge in [-0.1, -0.05) is 35.9 Å². The number of rotatable bonds is 4. The van der Waals surface area contributed by atoms with Crippen molar-refractivity contribution in [2.75, 3.05) is 0 Å². The van der Waals surface area contributed by atoms with Gasteiger partial charge in [0, 0.05) is 11.3 Å². The molecule has 1 fully saturated rings. The van der Waals surface area contributed by atoms with Gasteiger partial charge in [-0.05, 0) is 62.4 Å². The maximum absolute atomic E-state index is 13.4. The average Bonchev–Trinajstić information content (AvgIpc) is 3.46. The lowest BCUT2D eigenvalue weighted by molar-refractivity contribution is 0.626. The first-order valence-electron chi connectivity index (χ1n) is 10.1. The highest BCUT2D eigenvalue weighted by Crippen LogP contribution is 2.41. The lowest BCUT2D eigenvalue weighted by Crippen LogP contribution is -2.26. The fourth-order valence-corrected chi connectivity index (χ4v) is 3.78. The average molecular weight is 384 g/mol. The van der Waals surface area contributed by atoms with Gasteiger partial charge in [0.05, 0.1) is 24.1 Å². The standard InChI is InChI=1S/C24H24N4O/c1-15-4-7-18(8-5-15)14-27-24(29)23-21(22(26-27)19-9-10-19)13-25-28(23)20-11-6-16(2)17(3)12-20/h4-8,11-13,19H,9-10,14H2,1-3H3. The number of benzene rings is 2. The van der Waals surface area contributed by atoms with E-state index in [0.717, 1.165) is 35.2 Å². The van der Waals surface area contributed by atoms with Crippen LogP contribution < -0.4 is 5.56 Å². The van der Waals surface area contributed by atoms with Gasteiger partial charge in [0.2, 0.25) is 0 Å². The molecule has 1 aliphatic carbocycles. The summed E-state index contributed by atoms with van der Waals surface area (Å²) in [5.74, 6) is 0.430. The summed E-state index contributed by atoms with van der Waals surface area (Å²) in [5, 5.41) is 10.2. The van der Waals surface area contributed by atoms with Crippen molar-refractivity contribution in [2.24, 2.45) is 0 Å². The Kier molecular flexibility index (Phi) is 4.12. The fourth-order valence-electron chi connectivity index (χ4n) is 3.78. The third kappa shape index (κ3) is 3.16. The zero-order chi connectivity index (χ0) is 20.1. The first kappa shape index (κ1) is 17.9. The minimum Gasteiger partial charge on any atom is -0.265 e. The molecule has 0 amide bonds. The molecule has 29 heavy (non-hydrogen) atoms. The van der Waals surface area contributed by atoms with E-state index < -0.39 is 0 Å². The Balaban J connectivity index is 1.70. The maximum Gasteiger partial charge on any atom is 0.293 e. The second-order valence-electron chi connectivity index (χ2n) is 8.20. The highest BCUT2D eigenvalue weighted by molar-refractivity contribution is 5.82. The normalized spacial score (nSPS) is 13.9. The monoisotopic (exact) mass is 384 g/mol. The highest BCUT2D eigenvalue weighted by atomic mass is 16.1. The number of aryl methyl sites for hydroxylation is 3. The van der Waals surface area contributed by atoms with E-state index in [4.69, 9.17) is 5.10 Å². The molecule has 0 aliphatic heterocycles. The largest absolute Gasteiger partial charge is 0.293 e. The lowest BCUT2D eigenvalue weighted by atomic mass is 10.1. The molecule has 0 atom stereocenters. The van der Waals surface area contributed by atoms with Crippen LogP contribution in [0.1, 0.15) is 46.7 Å². The molecule has 1 saturated carbocycles. The Bertz CT molecular complexity index is 1280. The number of hydrogen-bond acceptors (Lipinski definition) is 3. The molecule has 2 aromatic carbocycles. The van der Waals surface area contributed by atoms with Crippen LogP contribution in [-0.4, -0.2) is 19.6 Å². The van der Waals surface area contributed by atoms with Gasteiger partial charge in [-0.2, -0.15) is 10.2 Å². The van der Waals surface area contributed by atoms with Crippen LogP contribution in [0, 0.1) is 20.8 Å². The van der Waals surface area contributed by atoms with Crippen LogP contribution in [0.25, 0.3) is 16.6 Å². The smallest absolute Gasteiger partial charge is 0.265 e. The summed E-state index contributed by atoms with van der Waals surface area (Å²) in [6.07, 6.45) is 4.06. The van der Waals surface area contributed by atoms with Crippen LogP contribution >= 0.6 is 0 Å². The molecule has 0 radical (unpaired) electrons. The minimum atomic E-state index is -0.0966. The SMILES string of the molecule is Cc1ccc(Cn2nc(C3CC3)c3cnn(-c4ccc(C)c(C)c4)c3c2=O)cc1. The molecule has 4 aromatic rings. The molecular weight excluding hydrogens is 360 g/mol. The molecule has 0 spiro atoms. The zero-order valence-electron chi connectivity index (χ0n) is 17.0. The van der Waals surface area contributed by atoms with Gasteiger partial charge in [0.25, 0.3) is 5.56 Å². The van der Waals surface area contributed by atoms with Gasteiger partial charge < -0.3 is 0 Å². The van der Waals surface area contributed by atoms with E-state index in [1.807, 2.05) is 12.3 Å². The summed E-state index contributed by atoms with van der Waals surface area (Å²) in [6.45, 7) is 6.70. The van der Waals surface area contributed by atoms with Crippen molar-refractivity contribution < 1.29 is 0 Å². The van der Waals surface area contributed by atoms with E-state index in [1.165, 1.54) is 16.7 Å². The first-order valence-corrected chi connectivity index (χ1v) is 10.1. The summed E-state index contributed by atoms with van der Waals surface area (Å²) in [5.41, 5.74) is 7.12. The molecule has 2 aromatic heterocycles. The van der Waals surface area contributed by atoms with Gasteiger partial charge in [-0.25, -0.2) is 9.36 Å². The molecular formula is C24H24N4O. The third-order valence-electron chi connectivity index (χ3n) is 5.86. The van der Waals surface area contributed by atoms with E-state index in [9.17, 15) is 4.79 Å². The van der Waals surface area contributed by atoms with E-state index >= 15 is 0 Å². The summed E-state index contributed by atoms with van der Waals surface area (Å²) in [6, 6.07) is 14.4. The Morgan fingerprint density at radius 3 is 2.45 bits per heavy atom. The highest BCUT2D eigenvalue weighted by Gasteiger charge is 2.30. The van der Waals surface area contributed by atoms with Gasteiger partial charge in [0.1, 0.15) is 5.52 Å². The molecule has 5 heteroatoms. The van der Waals surface area contributed by atoms with Crippen LogP contribution in [-0.2, 0) is 6.54 Å². The Morgan fingerprint density at radius 2 is 1.76 bits per heavy atom. The Labute approximate surface area is 169 Å². The molecule has 0 unspecified atom stereocenters. The Morgan fingerprint density at radius 1 is 1.00 bits per heavy atom. The van der Waals surface area contributed by atoms with Gasteiger partial charge >= 0.3 is 0 Å². The molecule has 2 heterocycles. The van der Waals surface area contributed by atoms with E-state index in [0.29, 0.717) is 18.0 Å². The molecule has 0 N–H and O–H groups in total. The molecule has 146 valence electrons. The molecule has 0 bridgehead atoms. The van der Waals surface area contributed by atoms with E-state index in [-0.39, 0.29) is 5.56 Å². The molecule has 5 rings (SSSR count). The molecule has 0 saturated heterocycles. The second-order valence-corrected chi connectivity index (χ2v) is 8.20. The predicted octanol–water partition coefficient (Wildman–Crippen LogP) is 4.43. The topological polar surface area (TPSA) is 52.7 Å². The number of aromatic nitrogens is 4. The van der Waals surface area contributed by atoms with Crippen molar-refractivity contribution in [3.05, 3.63) is 87.0 Å². The van der Waals surface area contributed by atoms with Crippen LogP contribution in [0.2, 0.25) is 0 Å². The van der Waals surface area contributed by atoms with E-state index in [1.54, 1.807) is 9.36 Å². The van der Waals surface area contributed by atoms with Crippen molar-refractivity contribution in [3.8, 4) is 5.69 Å². The fraction of sp³-hybridized carbons (Fsp3) is 0.292. The lowest BCUT2D eigenvalue weighted by Gasteiger charge is -2.11. The van der Waals surface area contributed by atoms with Crippen LogP contribution in [0.4, 0.5) is 0 Å². The van der Waals surface area contributed by atoms with Gasteiger partial charge in [-0.3, -0.25) is 4.79 Å². The second kappa shape index (κ2) is 6.69. The summed E-state index contributed by atoms with van der Waals surface area (Å²) in [7, 11) is 0. The third-order valence-corrected chi connectivity index (χ3v) is 5.86. The Hall–Kier alpha value is -3.21. The van der Waals surface area contributed by atoms with Crippen molar-refractivity contribution in [2.45, 2.75) is 46.1 Å². The van der Waals surface area contributed by atoms with Crippen molar-refractivity contribution in [1.82, 2.24) is 19.6 Å². The van der Waals surface area contributed by atoms with Gasteiger partial charge in [-0.15, -0.1) is 0 Å². The quantitative estimate of drug-likeness (QED) is 0.523. The zero-order valence-corrected chi connectivity index (χ0v) is 17.0. The maximum atomic E-state index is 13.4. The van der Waals surface area contributed by atoms with Crippen molar-refractivity contribution in [1.29, 1.82) is 0 Å². The van der Waals surface area contributed by atoms with E-state index in [2.05, 4.69) is 62.3 Å².